The molecule has 6 N–H and O–H groups in total. The van der Waals surface area contributed by atoms with E-state index in [4.69, 9.17) is 17.2 Å². The van der Waals surface area contributed by atoms with Crippen molar-refractivity contribution in [2.75, 3.05) is 0 Å². The summed E-state index contributed by atoms with van der Waals surface area (Å²) >= 11 is 0. The molecule has 0 unspecified atom stereocenters. The predicted molar refractivity (Wildman–Crippen MR) is 61.9 cm³/mol. The molecule has 0 amide bonds. The van der Waals surface area contributed by atoms with Crippen molar-refractivity contribution in [3.05, 3.63) is 0 Å². The minimum absolute atomic E-state index is 0.759. The Morgan fingerprint density at radius 1 is 0.923 bits per heavy atom. The molecule has 0 aromatic carbocycles. The van der Waals surface area contributed by atoms with Gasteiger partial charge in [-0.3, -0.25) is 0 Å². The summed E-state index contributed by atoms with van der Waals surface area (Å²) in [4.78, 5) is 0. The van der Waals surface area contributed by atoms with Crippen LogP contribution in [0.15, 0.2) is 0 Å². The third-order valence-electron chi connectivity index (χ3n) is 3.34. The highest BCUT2D eigenvalue weighted by Gasteiger charge is 2.28. The van der Waals surface area contributed by atoms with E-state index >= 15 is 0 Å². The van der Waals surface area contributed by atoms with Crippen LogP contribution in [0.2, 0.25) is 24.2 Å². The highest BCUT2D eigenvalue weighted by Crippen LogP contribution is 2.27. The molecule has 0 aliphatic carbocycles. The summed E-state index contributed by atoms with van der Waals surface area (Å²) in [7, 11) is -1.07. The summed E-state index contributed by atoms with van der Waals surface area (Å²) in [6.45, 7) is 6.85. The quantitative estimate of drug-likeness (QED) is 0.451. The van der Waals surface area contributed by atoms with Crippen LogP contribution in [0, 0.1) is 0 Å². The van der Waals surface area contributed by atoms with Gasteiger partial charge in [0.2, 0.25) is 0 Å². The number of hydrogen-bond acceptors (Lipinski definition) is 3. The Bertz CT molecular complexity index is 130. The zero-order valence-corrected chi connectivity index (χ0v) is 10.3. The first-order chi connectivity index (χ1) is 5.89. The molecule has 0 atom stereocenters. The molecule has 13 heavy (non-hydrogen) atoms. The minimum atomic E-state index is -1.07. The maximum absolute atomic E-state index is 5.58. The van der Waals surface area contributed by atoms with Crippen LogP contribution in [-0.2, 0) is 0 Å². The SMILES string of the molecule is CC[Si](CC)(CC)CCC(N)(N)N. The summed E-state index contributed by atoms with van der Waals surface area (Å²) in [5, 5.41) is 0. The molecule has 0 aliphatic rings. The van der Waals surface area contributed by atoms with Crippen LogP contribution in [0.5, 0.6) is 0 Å². The Balaban J connectivity index is 4.11. The van der Waals surface area contributed by atoms with Gasteiger partial charge in [0.25, 0.3) is 0 Å². The van der Waals surface area contributed by atoms with Gasteiger partial charge in [0.15, 0.2) is 0 Å². The summed E-state index contributed by atoms with van der Waals surface area (Å²) in [5.74, 6) is -0.961. The monoisotopic (exact) mass is 203 g/mol. The van der Waals surface area contributed by atoms with Crippen molar-refractivity contribution in [3.63, 3.8) is 0 Å². The van der Waals surface area contributed by atoms with Crippen molar-refractivity contribution in [3.8, 4) is 0 Å². The molecule has 4 heteroatoms. The zero-order valence-electron chi connectivity index (χ0n) is 9.27. The Kier molecular flexibility index (Phi) is 5.13. The van der Waals surface area contributed by atoms with Crippen LogP contribution in [0.25, 0.3) is 0 Å². The number of hydrogen-bond donors (Lipinski definition) is 3. The topological polar surface area (TPSA) is 78.1 Å². The average molecular weight is 203 g/mol. The lowest BCUT2D eigenvalue weighted by Gasteiger charge is -2.31. The molecule has 0 radical (unpaired) electrons. The van der Waals surface area contributed by atoms with Gasteiger partial charge in [-0.15, -0.1) is 0 Å². The van der Waals surface area contributed by atoms with Gasteiger partial charge in [0.1, 0.15) is 5.79 Å². The van der Waals surface area contributed by atoms with Crippen molar-refractivity contribution < 1.29 is 0 Å². The molecule has 0 aromatic rings. The zero-order chi connectivity index (χ0) is 10.5. The standard InChI is InChI=1S/C9H25N3Si/c1-4-13(5-2,6-3)8-7-9(10,11)12/h4-8,10-12H2,1-3H3. The molecule has 0 aromatic heterocycles. The largest absolute Gasteiger partial charge is 0.301 e. The Morgan fingerprint density at radius 2 is 1.31 bits per heavy atom. The van der Waals surface area contributed by atoms with E-state index in [1.54, 1.807) is 0 Å². The molecule has 0 aliphatic heterocycles. The van der Waals surface area contributed by atoms with Gasteiger partial charge in [0.05, 0.1) is 8.07 Å². The molecule has 0 saturated carbocycles. The number of rotatable bonds is 6. The van der Waals surface area contributed by atoms with E-state index in [1.807, 2.05) is 0 Å². The van der Waals surface area contributed by atoms with E-state index in [2.05, 4.69) is 20.8 Å². The van der Waals surface area contributed by atoms with Crippen LogP contribution < -0.4 is 17.2 Å². The molecule has 0 spiro atoms. The molecule has 80 valence electrons. The fraction of sp³-hybridized carbons (Fsp3) is 1.00. The van der Waals surface area contributed by atoms with Crippen LogP contribution >= 0.6 is 0 Å². The first-order valence-electron chi connectivity index (χ1n) is 5.26. The van der Waals surface area contributed by atoms with E-state index in [0.29, 0.717) is 0 Å². The van der Waals surface area contributed by atoms with Crippen LogP contribution in [0.3, 0.4) is 0 Å². The lowest BCUT2D eigenvalue weighted by molar-refractivity contribution is 0.442. The molecule has 0 rings (SSSR count). The smallest absolute Gasteiger partial charge is 0.115 e. The van der Waals surface area contributed by atoms with Gasteiger partial charge in [-0.25, -0.2) is 0 Å². The van der Waals surface area contributed by atoms with Crippen LogP contribution in [0.1, 0.15) is 27.2 Å². The third-order valence-corrected chi connectivity index (χ3v) is 9.15. The van der Waals surface area contributed by atoms with Crippen molar-refractivity contribution in [1.29, 1.82) is 0 Å². The summed E-state index contributed by atoms with van der Waals surface area (Å²) in [5.41, 5.74) is 16.8. The van der Waals surface area contributed by atoms with E-state index in [-0.39, 0.29) is 0 Å². The van der Waals surface area contributed by atoms with Crippen molar-refractivity contribution in [2.24, 2.45) is 17.2 Å². The lowest BCUT2D eigenvalue weighted by atomic mass is 10.3. The number of nitrogens with two attached hydrogens (primary N) is 3. The van der Waals surface area contributed by atoms with Crippen molar-refractivity contribution in [2.45, 2.75) is 57.2 Å². The predicted octanol–water partition coefficient (Wildman–Crippen LogP) is 1.41. The minimum Gasteiger partial charge on any atom is -0.301 e. The van der Waals surface area contributed by atoms with E-state index < -0.39 is 13.9 Å². The van der Waals surface area contributed by atoms with Gasteiger partial charge < -0.3 is 17.2 Å². The molecule has 0 bridgehead atoms. The van der Waals surface area contributed by atoms with E-state index in [0.717, 1.165) is 6.42 Å². The van der Waals surface area contributed by atoms with Gasteiger partial charge in [0, 0.05) is 0 Å². The Labute approximate surface area is 83.1 Å². The summed E-state index contributed by atoms with van der Waals surface area (Å²) in [6, 6.07) is 5.11. The van der Waals surface area contributed by atoms with Crippen molar-refractivity contribution in [1.82, 2.24) is 0 Å². The highest BCUT2D eigenvalue weighted by atomic mass is 28.3. The first kappa shape index (κ1) is 13.1. The second-order valence-corrected chi connectivity index (χ2v) is 9.79. The molecular formula is C9H25N3Si. The van der Waals surface area contributed by atoms with E-state index in [1.165, 1.54) is 24.2 Å². The van der Waals surface area contributed by atoms with Crippen molar-refractivity contribution >= 4 is 8.07 Å². The van der Waals surface area contributed by atoms with Gasteiger partial charge in [-0.1, -0.05) is 44.9 Å². The van der Waals surface area contributed by atoms with Crippen LogP contribution in [-0.4, -0.2) is 13.9 Å². The maximum Gasteiger partial charge on any atom is 0.115 e. The molecular weight excluding hydrogens is 178 g/mol. The normalized spacial score (nSPS) is 13.4. The molecule has 0 heterocycles. The van der Waals surface area contributed by atoms with Gasteiger partial charge in [-0.2, -0.15) is 0 Å². The first-order valence-corrected chi connectivity index (χ1v) is 8.08. The molecule has 0 saturated heterocycles. The molecule has 0 fully saturated rings. The average Bonchev–Trinajstić information content (AvgIpc) is 2.06. The maximum atomic E-state index is 5.58. The fourth-order valence-corrected chi connectivity index (χ4v) is 5.29. The second-order valence-electron chi connectivity index (χ2n) is 4.17. The van der Waals surface area contributed by atoms with E-state index in [9.17, 15) is 0 Å². The highest BCUT2D eigenvalue weighted by molar-refractivity contribution is 6.79. The second kappa shape index (κ2) is 5.10. The molecule has 3 nitrogen and oxygen atoms in total. The Hall–Kier alpha value is 0.0969. The van der Waals surface area contributed by atoms with Gasteiger partial charge >= 0.3 is 0 Å². The van der Waals surface area contributed by atoms with Gasteiger partial charge in [-0.05, 0) is 6.42 Å². The lowest BCUT2D eigenvalue weighted by Crippen LogP contribution is -2.58. The summed E-state index contributed by atoms with van der Waals surface area (Å²) < 4.78 is 0. The Morgan fingerprint density at radius 3 is 1.54 bits per heavy atom. The van der Waals surface area contributed by atoms with Crippen LogP contribution in [0.4, 0.5) is 0 Å². The third kappa shape index (κ3) is 4.76. The fourth-order valence-electron chi connectivity index (χ4n) is 1.76. The summed E-state index contributed by atoms with van der Waals surface area (Å²) in [6.07, 6.45) is 0.759.